The molecule has 3 aromatic carbocycles. The molecule has 2 N–H and O–H groups in total. The minimum atomic E-state index is -0.521. The summed E-state index contributed by atoms with van der Waals surface area (Å²) in [7, 11) is 0. The molecule has 0 saturated carbocycles. The Morgan fingerprint density at radius 2 is 1.84 bits per heavy atom. The van der Waals surface area contributed by atoms with Crippen molar-refractivity contribution < 1.29 is 9.13 Å². The highest BCUT2D eigenvalue weighted by Crippen LogP contribution is 2.36. The molecular formula is C25H23ClFN3O. The van der Waals surface area contributed by atoms with Gasteiger partial charge in [0.15, 0.2) is 17.4 Å². The van der Waals surface area contributed by atoms with Crippen molar-refractivity contribution in [3.8, 4) is 16.9 Å². The van der Waals surface area contributed by atoms with E-state index < -0.39 is 5.82 Å². The first-order valence-electron chi connectivity index (χ1n) is 9.69. The maximum Gasteiger partial charge on any atom is 0.172 e. The molecule has 0 aliphatic carbocycles. The Hall–Kier alpha value is -3.28. The zero-order valence-electron chi connectivity index (χ0n) is 17.0. The summed E-state index contributed by atoms with van der Waals surface area (Å²) in [5.41, 5.74) is 9.01. The maximum atomic E-state index is 15.3. The molecule has 1 unspecified atom stereocenters. The lowest BCUT2D eigenvalue weighted by Gasteiger charge is -2.18. The molecular weight excluding hydrogens is 413 g/mol. The summed E-state index contributed by atoms with van der Waals surface area (Å²) in [5, 5.41) is 0.435. The van der Waals surface area contributed by atoms with Gasteiger partial charge in [0.2, 0.25) is 0 Å². The molecule has 0 spiro atoms. The van der Waals surface area contributed by atoms with Crippen molar-refractivity contribution in [3.63, 3.8) is 0 Å². The van der Waals surface area contributed by atoms with Crippen LogP contribution in [0.25, 0.3) is 11.1 Å². The van der Waals surface area contributed by atoms with Crippen LogP contribution in [0.15, 0.2) is 89.5 Å². The van der Waals surface area contributed by atoms with Crippen molar-refractivity contribution in [3.05, 3.63) is 101 Å². The number of nitrogens with zero attached hydrogens (tertiary/aromatic N) is 2. The molecule has 6 heteroatoms. The standard InChI is InChI=1S/C25H23ClFN3O/c1-3-30-24(29-2)16-31-23-11-7-10-19(25(23)27)20-14-18(12-13-22(20)26)21(15-28)17-8-5-4-6-9-17/h3-14,21H,1-2,15-16,28H2. The van der Waals surface area contributed by atoms with E-state index in [0.29, 0.717) is 28.5 Å². The third kappa shape index (κ3) is 5.26. The number of amidine groups is 1. The Morgan fingerprint density at radius 1 is 1.06 bits per heavy atom. The van der Waals surface area contributed by atoms with Crippen LogP contribution in [0.3, 0.4) is 0 Å². The van der Waals surface area contributed by atoms with E-state index in [2.05, 4.69) is 23.3 Å². The summed E-state index contributed by atoms with van der Waals surface area (Å²) in [6, 6.07) is 20.4. The van der Waals surface area contributed by atoms with Crippen LogP contribution in [0.2, 0.25) is 5.02 Å². The molecule has 0 radical (unpaired) electrons. The van der Waals surface area contributed by atoms with Gasteiger partial charge >= 0.3 is 0 Å². The topological polar surface area (TPSA) is 60.0 Å². The van der Waals surface area contributed by atoms with Gasteiger partial charge in [-0.25, -0.2) is 14.4 Å². The zero-order chi connectivity index (χ0) is 22.2. The van der Waals surface area contributed by atoms with Crippen molar-refractivity contribution in [2.24, 2.45) is 15.7 Å². The van der Waals surface area contributed by atoms with Crippen LogP contribution in [0.4, 0.5) is 4.39 Å². The molecule has 0 aromatic heterocycles. The van der Waals surface area contributed by atoms with Crippen LogP contribution >= 0.6 is 11.6 Å². The van der Waals surface area contributed by atoms with Gasteiger partial charge in [-0.05, 0) is 36.0 Å². The van der Waals surface area contributed by atoms with Gasteiger partial charge in [0.1, 0.15) is 6.61 Å². The Bertz CT molecular complexity index is 1100. The fourth-order valence-corrected chi connectivity index (χ4v) is 3.54. The van der Waals surface area contributed by atoms with Crippen LogP contribution < -0.4 is 10.5 Å². The van der Waals surface area contributed by atoms with E-state index in [0.717, 1.165) is 11.1 Å². The molecule has 0 bridgehead atoms. The van der Waals surface area contributed by atoms with Crippen molar-refractivity contribution in [2.45, 2.75) is 5.92 Å². The van der Waals surface area contributed by atoms with Gasteiger partial charge in [-0.2, -0.15) is 0 Å². The number of aliphatic imine (C=N–C) groups is 2. The first-order valence-corrected chi connectivity index (χ1v) is 10.1. The molecule has 3 rings (SSSR count). The Kier molecular flexibility index (Phi) is 7.70. The lowest BCUT2D eigenvalue weighted by atomic mass is 9.89. The minimum absolute atomic E-state index is 0.0314. The average Bonchev–Trinajstić information content (AvgIpc) is 2.80. The molecule has 0 fully saturated rings. The van der Waals surface area contributed by atoms with Gasteiger partial charge in [-0.3, -0.25) is 0 Å². The van der Waals surface area contributed by atoms with Gasteiger partial charge in [-0.15, -0.1) is 0 Å². The predicted octanol–water partition coefficient (Wildman–Crippen LogP) is 5.86. The summed E-state index contributed by atoms with van der Waals surface area (Å²) < 4.78 is 20.9. The minimum Gasteiger partial charge on any atom is -0.483 e. The third-order valence-electron chi connectivity index (χ3n) is 4.86. The second-order valence-electron chi connectivity index (χ2n) is 6.73. The molecule has 0 aliphatic rings. The molecule has 0 saturated heterocycles. The largest absolute Gasteiger partial charge is 0.483 e. The molecule has 158 valence electrons. The van der Waals surface area contributed by atoms with Crippen molar-refractivity contribution in [1.82, 2.24) is 0 Å². The monoisotopic (exact) mass is 435 g/mol. The first kappa shape index (κ1) is 22.4. The van der Waals surface area contributed by atoms with Gasteiger partial charge in [0.05, 0.1) is 0 Å². The predicted molar refractivity (Wildman–Crippen MR) is 127 cm³/mol. The fourth-order valence-electron chi connectivity index (χ4n) is 3.32. The molecule has 0 aliphatic heterocycles. The second kappa shape index (κ2) is 10.7. The molecule has 0 heterocycles. The van der Waals surface area contributed by atoms with E-state index in [4.69, 9.17) is 22.1 Å². The van der Waals surface area contributed by atoms with Crippen molar-refractivity contribution in [2.75, 3.05) is 13.2 Å². The van der Waals surface area contributed by atoms with E-state index in [1.807, 2.05) is 42.5 Å². The summed E-state index contributed by atoms with van der Waals surface area (Å²) in [4.78, 5) is 7.66. The Balaban J connectivity index is 1.97. The van der Waals surface area contributed by atoms with Crippen LogP contribution in [-0.4, -0.2) is 25.7 Å². The highest BCUT2D eigenvalue weighted by atomic mass is 35.5. The highest BCUT2D eigenvalue weighted by molar-refractivity contribution is 6.33. The lowest BCUT2D eigenvalue weighted by Crippen LogP contribution is -2.14. The summed E-state index contributed by atoms with van der Waals surface area (Å²) >= 11 is 6.45. The number of halogens is 2. The van der Waals surface area contributed by atoms with Crippen LogP contribution in [0, 0.1) is 5.82 Å². The van der Waals surface area contributed by atoms with Gasteiger partial charge in [-0.1, -0.05) is 66.7 Å². The first-order chi connectivity index (χ1) is 15.1. The summed E-state index contributed by atoms with van der Waals surface area (Å²) in [6.45, 7) is 7.31. The Labute approximate surface area is 186 Å². The fraction of sp³-hybridized carbons (Fsp3) is 0.120. The van der Waals surface area contributed by atoms with Crippen LogP contribution in [0.1, 0.15) is 17.0 Å². The SMILES string of the molecule is C=CN=C(COc1cccc(-c2cc(C(CN)c3ccccc3)ccc2Cl)c1F)N=C. The smallest absolute Gasteiger partial charge is 0.172 e. The third-order valence-corrected chi connectivity index (χ3v) is 5.19. The quantitative estimate of drug-likeness (QED) is 0.356. The number of ether oxygens (including phenoxy) is 1. The second-order valence-corrected chi connectivity index (χ2v) is 7.14. The van der Waals surface area contributed by atoms with Gasteiger partial charge in [0, 0.05) is 34.8 Å². The number of hydrogen-bond acceptors (Lipinski definition) is 3. The maximum absolute atomic E-state index is 15.3. The van der Waals surface area contributed by atoms with Gasteiger partial charge in [0.25, 0.3) is 0 Å². The number of benzene rings is 3. The van der Waals surface area contributed by atoms with E-state index >= 15 is 4.39 Å². The highest BCUT2D eigenvalue weighted by Gasteiger charge is 2.18. The van der Waals surface area contributed by atoms with E-state index in [1.165, 1.54) is 12.3 Å². The number of nitrogens with two attached hydrogens (primary N) is 1. The van der Waals surface area contributed by atoms with Gasteiger partial charge < -0.3 is 10.5 Å². The summed E-state index contributed by atoms with van der Waals surface area (Å²) in [5.74, 6) is -0.185. The molecule has 3 aromatic rings. The molecule has 0 amide bonds. The van der Waals surface area contributed by atoms with Crippen molar-refractivity contribution >= 4 is 24.2 Å². The number of hydrogen-bond donors (Lipinski definition) is 1. The normalized spacial score (nSPS) is 12.3. The summed E-state index contributed by atoms with van der Waals surface area (Å²) in [6.07, 6.45) is 1.33. The van der Waals surface area contributed by atoms with Crippen LogP contribution in [-0.2, 0) is 0 Å². The average molecular weight is 436 g/mol. The zero-order valence-corrected chi connectivity index (χ0v) is 17.7. The van der Waals surface area contributed by atoms with E-state index in [1.54, 1.807) is 18.2 Å². The number of rotatable bonds is 8. The molecule has 31 heavy (non-hydrogen) atoms. The molecule has 1 atom stereocenters. The van der Waals surface area contributed by atoms with E-state index in [9.17, 15) is 0 Å². The van der Waals surface area contributed by atoms with E-state index in [-0.39, 0.29) is 18.3 Å². The van der Waals surface area contributed by atoms with Crippen molar-refractivity contribution in [1.29, 1.82) is 0 Å². The molecule has 4 nitrogen and oxygen atoms in total. The Morgan fingerprint density at radius 3 is 2.52 bits per heavy atom. The lowest BCUT2D eigenvalue weighted by molar-refractivity contribution is 0.353. The van der Waals surface area contributed by atoms with Crippen LogP contribution in [0.5, 0.6) is 5.75 Å².